The number of carboxylic acid groups (broad SMARTS) is 1. The zero-order chi connectivity index (χ0) is 70.7. The second-order valence-electron chi connectivity index (χ2n) is 24.8. The highest BCUT2D eigenvalue weighted by atomic mass is 35.5. The average Bonchev–Trinajstić information content (AvgIpc) is 1.64. The number of nitrogens with zero attached hydrogens (tertiary/aromatic N) is 2. The number of hydrogen-bond donors (Lipinski definition) is 8. The molecular formula is C76H78BCl2F3N8O9. The SMILES string of the molecule is CB(O)NCC(=O)NC1CCCC12CCN(C(=O)c1ccc(NC(=O)c3ccccc3-c3ccccc3)cc1)c1ccccc1C2.ClCCl.NCC(=O)NC1CCCC12CCN(C(=O)c1ccc(NC(=O)c3ccccc3-c3ccccc3)cc1)c1ccccc1C2.O=C(O)C(F)(F)F. The van der Waals surface area contributed by atoms with Gasteiger partial charge in [-0.05, 0) is 175 Å². The number of carbonyl (C=O) groups excluding carboxylic acids is 6. The standard InChI is InChI=1S/C37H39BN4O4.C36H36N4O3.C2HF3O2.CH2Cl2/c1-38(46)39-25-34(43)41-33-16-9-21-37(33)22-23-42(32-15-8-5-12-28(32)24-37)36(45)27-17-19-29(20-18-27)40-35(44)31-14-7-6-13-30(31)26-10-3-2-4-11-26;37-24-33(41)39-32-15-8-20-36(32)21-22-40(31-14-7-4-11-27(31)23-36)35(43)26-16-18-28(19-17-26)38-34(42)30-13-6-5-12-29(30)25-9-2-1-3-10-25;3-2(4,5)1(6)7;2-1-3/h2-8,10-15,17-20,33,39,46H,9,16,21-25H2,1H3,(H,40,44)(H,41,43);1-7,9-14,16-19,32H,8,15,20-24,37H2,(H,38,42)(H,39,41);(H,6,7);1H2. The van der Waals surface area contributed by atoms with Crippen molar-refractivity contribution in [3.63, 3.8) is 0 Å². The quantitative estimate of drug-likeness (QED) is 0.0375. The van der Waals surface area contributed by atoms with E-state index < -0.39 is 19.2 Å². The maximum Gasteiger partial charge on any atom is 0.490 e. The Kier molecular flexibility index (Phi) is 25.5. The normalized spacial score (nSPS) is 18.1. The molecule has 0 aromatic heterocycles. The fourth-order valence-corrected chi connectivity index (χ4v) is 13.8. The van der Waals surface area contributed by atoms with Crippen LogP contribution < -0.4 is 42.0 Å². The van der Waals surface area contributed by atoms with E-state index in [4.69, 9.17) is 38.8 Å². The molecule has 12 rings (SSSR count). The monoisotopic (exact) mass is 1380 g/mol. The van der Waals surface area contributed by atoms with E-state index >= 15 is 0 Å². The van der Waals surface area contributed by atoms with Gasteiger partial charge in [0.2, 0.25) is 11.8 Å². The maximum atomic E-state index is 14.0. The molecule has 8 aromatic carbocycles. The van der Waals surface area contributed by atoms with Gasteiger partial charge in [-0.25, -0.2) is 4.79 Å². The predicted molar refractivity (Wildman–Crippen MR) is 383 cm³/mol. The number of alkyl halides is 5. The van der Waals surface area contributed by atoms with Crippen LogP contribution >= 0.6 is 23.2 Å². The number of nitrogens with one attached hydrogen (secondary N) is 5. The lowest BCUT2D eigenvalue weighted by Crippen LogP contribution is -2.50. The number of amides is 6. The van der Waals surface area contributed by atoms with Crippen molar-refractivity contribution >= 4 is 94.4 Å². The predicted octanol–water partition coefficient (Wildman–Crippen LogP) is 13.4. The molecular weight excluding hydrogens is 1310 g/mol. The van der Waals surface area contributed by atoms with Crippen molar-refractivity contribution in [3.8, 4) is 22.3 Å². The number of anilines is 4. The molecule has 2 aliphatic carbocycles. The summed E-state index contributed by atoms with van der Waals surface area (Å²) in [5.41, 5.74) is 16.5. The Hall–Kier alpha value is -9.64. The van der Waals surface area contributed by atoms with Gasteiger partial charge in [0.15, 0.2) is 0 Å². The second-order valence-corrected chi connectivity index (χ2v) is 25.6. The largest absolute Gasteiger partial charge is 0.490 e. The minimum Gasteiger partial charge on any atom is -0.475 e. The number of benzene rings is 8. The molecule has 514 valence electrons. The van der Waals surface area contributed by atoms with Crippen LogP contribution in [0.3, 0.4) is 0 Å². The Morgan fingerprint density at radius 2 is 0.899 bits per heavy atom. The average molecular weight is 1390 g/mol. The molecule has 4 aliphatic rings. The van der Waals surface area contributed by atoms with E-state index in [2.05, 4.69) is 38.6 Å². The van der Waals surface area contributed by atoms with Gasteiger partial charge in [0, 0.05) is 70.2 Å². The van der Waals surface area contributed by atoms with Crippen LogP contribution in [-0.4, -0.2) is 108 Å². The number of aliphatic carboxylic acids is 1. The molecule has 0 saturated heterocycles. The number of para-hydroxylation sites is 2. The molecule has 23 heteroatoms. The molecule has 17 nitrogen and oxygen atoms in total. The van der Waals surface area contributed by atoms with E-state index in [1.165, 1.54) is 0 Å². The number of hydrogen-bond acceptors (Lipinski definition) is 10. The van der Waals surface area contributed by atoms with Gasteiger partial charge in [0.05, 0.1) is 18.4 Å². The van der Waals surface area contributed by atoms with Crippen LogP contribution in [-0.2, 0) is 27.2 Å². The van der Waals surface area contributed by atoms with E-state index in [1.807, 2.05) is 155 Å². The summed E-state index contributed by atoms with van der Waals surface area (Å²) in [4.78, 5) is 92.1. The van der Waals surface area contributed by atoms with Crippen LogP contribution in [0, 0.1) is 10.8 Å². The number of halogens is 5. The summed E-state index contributed by atoms with van der Waals surface area (Å²) in [5.74, 6) is -3.63. The summed E-state index contributed by atoms with van der Waals surface area (Å²) in [6.45, 7) is 2.71. The Labute approximate surface area is 583 Å². The summed E-state index contributed by atoms with van der Waals surface area (Å²) < 4.78 is 31.7. The summed E-state index contributed by atoms with van der Waals surface area (Å²) in [6.07, 6.45) is 3.87. The molecule has 6 amide bonds. The van der Waals surface area contributed by atoms with Gasteiger partial charge in [-0.2, -0.15) is 13.2 Å². The van der Waals surface area contributed by atoms with Gasteiger partial charge in [-0.1, -0.05) is 146 Å². The van der Waals surface area contributed by atoms with E-state index in [0.717, 1.165) is 109 Å². The summed E-state index contributed by atoms with van der Waals surface area (Å²) >= 11 is 9.53. The molecule has 9 N–H and O–H groups in total. The van der Waals surface area contributed by atoms with E-state index in [-0.39, 0.29) is 76.8 Å². The fraction of sp³-hybridized carbons (Fsp3) is 0.276. The lowest BCUT2D eigenvalue weighted by Gasteiger charge is -2.35. The van der Waals surface area contributed by atoms with Crippen molar-refractivity contribution in [2.45, 2.75) is 89.3 Å². The fourth-order valence-electron chi connectivity index (χ4n) is 13.8. The van der Waals surface area contributed by atoms with Gasteiger partial charge in [-0.3, -0.25) is 28.8 Å². The number of rotatable bonds is 14. The van der Waals surface area contributed by atoms with Gasteiger partial charge in [0.25, 0.3) is 23.6 Å². The number of nitrogens with two attached hydrogens (primary N) is 1. The summed E-state index contributed by atoms with van der Waals surface area (Å²) in [7, 11) is -0.755. The van der Waals surface area contributed by atoms with E-state index in [1.54, 1.807) is 55.4 Å². The van der Waals surface area contributed by atoms with Crippen molar-refractivity contribution in [2.75, 3.05) is 52.0 Å². The molecule has 2 saturated carbocycles. The molecule has 8 aromatic rings. The minimum absolute atomic E-state index is 0.00572. The van der Waals surface area contributed by atoms with Crippen LogP contribution in [0.5, 0.6) is 0 Å². The zero-order valence-electron chi connectivity index (χ0n) is 54.6. The lowest BCUT2D eigenvalue weighted by atomic mass is 9.74. The van der Waals surface area contributed by atoms with Crippen molar-refractivity contribution in [3.05, 3.63) is 240 Å². The van der Waals surface area contributed by atoms with Gasteiger partial charge in [0.1, 0.15) is 0 Å². The summed E-state index contributed by atoms with van der Waals surface area (Å²) in [6, 6.07) is 65.0. The highest BCUT2D eigenvalue weighted by Crippen LogP contribution is 2.49. The first kappa shape index (κ1) is 73.6. The lowest BCUT2D eigenvalue weighted by molar-refractivity contribution is -0.192. The third kappa shape index (κ3) is 18.8. The molecule has 0 radical (unpaired) electrons. The zero-order valence-corrected chi connectivity index (χ0v) is 56.1. The highest BCUT2D eigenvalue weighted by molar-refractivity contribution is 6.45. The molecule has 2 heterocycles. The molecule has 0 bridgehead atoms. The topological polar surface area (TPSA) is 253 Å². The van der Waals surface area contributed by atoms with Gasteiger partial charge < -0.3 is 52.2 Å². The first-order chi connectivity index (χ1) is 47.7. The van der Waals surface area contributed by atoms with Crippen molar-refractivity contribution < 1.29 is 56.9 Å². The van der Waals surface area contributed by atoms with Crippen LogP contribution in [0.4, 0.5) is 35.9 Å². The van der Waals surface area contributed by atoms with Crippen LogP contribution in [0.15, 0.2) is 206 Å². The molecule has 99 heavy (non-hydrogen) atoms. The second kappa shape index (κ2) is 34.2. The smallest absolute Gasteiger partial charge is 0.475 e. The number of fused-ring (bicyclic) bond motifs is 2. The van der Waals surface area contributed by atoms with Crippen LogP contribution in [0.2, 0.25) is 6.82 Å². The number of carboxylic acids is 1. The highest BCUT2D eigenvalue weighted by Gasteiger charge is 2.48. The molecule has 2 spiro atoms. The third-order valence-electron chi connectivity index (χ3n) is 18.6. The number of carbonyl (C=O) groups is 7. The van der Waals surface area contributed by atoms with Crippen molar-refractivity contribution in [1.29, 1.82) is 0 Å². The van der Waals surface area contributed by atoms with E-state index in [9.17, 15) is 47.0 Å². The van der Waals surface area contributed by atoms with Gasteiger partial charge >= 0.3 is 19.2 Å². The van der Waals surface area contributed by atoms with Crippen molar-refractivity contribution in [2.24, 2.45) is 16.6 Å². The Morgan fingerprint density at radius 3 is 1.28 bits per heavy atom. The molecule has 2 fully saturated rings. The maximum absolute atomic E-state index is 14.0. The first-order valence-electron chi connectivity index (χ1n) is 32.7. The van der Waals surface area contributed by atoms with E-state index in [0.29, 0.717) is 46.7 Å². The minimum atomic E-state index is -5.08. The van der Waals surface area contributed by atoms with Gasteiger partial charge in [-0.15, -0.1) is 23.2 Å². The Balaban J connectivity index is 0.000000204. The molecule has 2 aliphatic heterocycles. The molecule has 4 atom stereocenters. The Morgan fingerprint density at radius 1 is 0.535 bits per heavy atom. The van der Waals surface area contributed by atoms with Crippen molar-refractivity contribution in [1.82, 2.24) is 15.9 Å². The third-order valence-corrected chi connectivity index (χ3v) is 18.6. The first-order valence-corrected chi connectivity index (χ1v) is 33.8. The van der Waals surface area contributed by atoms with Crippen LogP contribution in [0.1, 0.15) is 104 Å². The summed E-state index contributed by atoms with van der Waals surface area (Å²) in [5, 5.41) is 32.0. The van der Waals surface area contributed by atoms with Crippen LogP contribution in [0.25, 0.3) is 22.3 Å². The Bertz CT molecular complexity index is 4120. The molecule has 4 unspecified atom stereocenters.